The van der Waals surface area contributed by atoms with Gasteiger partial charge in [0.1, 0.15) is 0 Å². The summed E-state index contributed by atoms with van der Waals surface area (Å²) in [6, 6.07) is 4.58. The maximum absolute atomic E-state index is 6.18. The minimum Gasteiger partial charge on any atom is -0.373 e. The Hall–Kier alpha value is -1.01. The molecule has 5 nitrogen and oxygen atoms in total. The highest BCUT2D eigenvalue weighted by atomic mass is 16.5. The molecule has 0 aromatic carbocycles. The smallest absolute Gasteiger partial charge is 0.0992 e. The molecule has 3 fully saturated rings. The normalized spacial score (nSPS) is 31.4. The molecule has 3 aliphatic rings. The highest BCUT2D eigenvalue weighted by Crippen LogP contribution is 2.32. The van der Waals surface area contributed by atoms with E-state index in [1.54, 1.807) is 6.20 Å². The van der Waals surface area contributed by atoms with Crippen LogP contribution in [0.5, 0.6) is 0 Å². The predicted octanol–water partition coefficient (Wildman–Crippen LogP) is 1.93. The molecule has 1 saturated carbocycles. The monoisotopic (exact) mass is 331 g/mol. The van der Waals surface area contributed by atoms with Crippen molar-refractivity contribution in [3.63, 3.8) is 0 Å². The Morgan fingerprint density at radius 1 is 1.17 bits per heavy atom. The van der Waals surface area contributed by atoms with Crippen LogP contribution in [-0.2, 0) is 16.1 Å². The van der Waals surface area contributed by atoms with Crippen LogP contribution in [0, 0.1) is 0 Å². The van der Waals surface area contributed by atoms with Crippen LogP contribution < -0.4 is 0 Å². The molecule has 0 spiro atoms. The average Bonchev–Trinajstić information content (AvgIpc) is 3.29. The number of likely N-dealkylation sites (tertiary alicyclic amines) is 1. The molecule has 3 atom stereocenters. The Kier molecular flexibility index (Phi) is 5.43. The van der Waals surface area contributed by atoms with Gasteiger partial charge in [0.05, 0.1) is 25.4 Å². The summed E-state index contributed by atoms with van der Waals surface area (Å²) in [5.41, 5.74) is 1.14. The Morgan fingerprint density at radius 3 is 2.92 bits per heavy atom. The minimum atomic E-state index is 0.227. The lowest BCUT2D eigenvalue weighted by molar-refractivity contribution is -0.117. The molecule has 0 N–H and O–H groups in total. The van der Waals surface area contributed by atoms with Gasteiger partial charge in [0.15, 0.2) is 0 Å². The Morgan fingerprint density at radius 2 is 2.08 bits per heavy atom. The SMILES string of the molecule is c1cncc(CO[C@H]2CC[C@H]3[C@H]2OCCN3CCN2CCCC2)c1. The Bertz CT molecular complexity index is 507. The molecule has 0 radical (unpaired) electrons. The van der Waals surface area contributed by atoms with E-state index in [2.05, 4.69) is 20.9 Å². The summed E-state index contributed by atoms with van der Waals surface area (Å²) in [5, 5.41) is 0. The quantitative estimate of drug-likeness (QED) is 0.796. The van der Waals surface area contributed by atoms with E-state index in [0.717, 1.165) is 25.1 Å². The van der Waals surface area contributed by atoms with Crippen LogP contribution >= 0.6 is 0 Å². The number of hydrogen-bond acceptors (Lipinski definition) is 5. The summed E-state index contributed by atoms with van der Waals surface area (Å²) >= 11 is 0. The summed E-state index contributed by atoms with van der Waals surface area (Å²) in [5.74, 6) is 0. The average molecular weight is 331 g/mol. The van der Waals surface area contributed by atoms with Crippen LogP contribution in [-0.4, -0.2) is 72.4 Å². The van der Waals surface area contributed by atoms with Crippen molar-refractivity contribution < 1.29 is 9.47 Å². The maximum Gasteiger partial charge on any atom is 0.0992 e. The van der Waals surface area contributed by atoms with Crippen molar-refractivity contribution in [1.29, 1.82) is 0 Å². The molecular formula is C19H29N3O2. The van der Waals surface area contributed by atoms with Gasteiger partial charge >= 0.3 is 0 Å². The first kappa shape index (κ1) is 16.5. The first-order chi connectivity index (χ1) is 11.9. The molecule has 5 heteroatoms. The van der Waals surface area contributed by atoms with Gasteiger partial charge in [-0.25, -0.2) is 0 Å². The zero-order valence-electron chi connectivity index (χ0n) is 14.5. The Labute approximate surface area is 144 Å². The zero-order chi connectivity index (χ0) is 16.2. The number of fused-ring (bicyclic) bond motifs is 1. The molecule has 1 aromatic rings. The van der Waals surface area contributed by atoms with Gasteiger partial charge in [0.25, 0.3) is 0 Å². The van der Waals surface area contributed by atoms with Crippen LogP contribution in [0.4, 0.5) is 0 Å². The van der Waals surface area contributed by atoms with Crippen LogP contribution in [0.15, 0.2) is 24.5 Å². The third-order valence-electron chi connectivity index (χ3n) is 5.74. The number of aromatic nitrogens is 1. The van der Waals surface area contributed by atoms with E-state index >= 15 is 0 Å². The van der Waals surface area contributed by atoms with E-state index in [1.807, 2.05) is 12.3 Å². The van der Waals surface area contributed by atoms with Crippen molar-refractivity contribution in [2.24, 2.45) is 0 Å². The molecule has 2 saturated heterocycles. The van der Waals surface area contributed by atoms with Crippen LogP contribution in [0.25, 0.3) is 0 Å². The summed E-state index contributed by atoms with van der Waals surface area (Å²) in [7, 11) is 0. The van der Waals surface area contributed by atoms with Crippen LogP contribution in [0.2, 0.25) is 0 Å². The second-order valence-electron chi connectivity index (χ2n) is 7.28. The molecule has 24 heavy (non-hydrogen) atoms. The van der Waals surface area contributed by atoms with Gasteiger partial charge in [0, 0.05) is 38.1 Å². The summed E-state index contributed by atoms with van der Waals surface area (Å²) in [6.07, 6.45) is 9.21. The molecule has 132 valence electrons. The van der Waals surface area contributed by atoms with Crippen molar-refractivity contribution in [1.82, 2.24) is 14.8 Å². The summed E-state index contributed by atoms with van der Waals surface area (Å²) in [4.78, 5) is 9.42. The highest BCUT2D eigenvalue weighted by Gasteiger charge is 2.43. The lowest BCUT2D eigenvalue weighted by Gasteiger charge is -2.39. The molecule has 4 rings (SSSR count). The lowest BCUT2D eigenvalue weighted by Crippen LogP contribution is -2.53. The fourth-order valence-electron chi connectivity index (χ4n) is 4.41. The van der Waals surface area contributed by atoms with Gasteiger partial charge in [-0.15, -0.1) is 0 Å². The topological polar surface area (TPSA) is 37.8 Å². The molecular weight excluding hydrogens is 302 g/mol. The van der Waals surface area contributed by atoms with Crippen LogP contribution in [0.1, 0.15) is 31.2 Å². The van der Waals surface area contributed by atoms with E-state index in [9.17, 15) is 0 Å². The van der Waals surface area contributed by atoms with Crippen LogP contribution in [0.3, 0.4) is 0 Å². The van der Waals surface area contributed by atoms with Crippen molar-refractivity contribution >= 4 is 0 Å². The molecule has 0 amide bonds. The Balaban J connectivity index is 1.29. The lowest BCUT2D eigenvalue weighted by atomic mass is 10.1. The van der Waals surface area contributed by atoms with Gasteiger partial charge < -0.3 is 14.4 Å². The molecule has 0 bridgehead atoms. The third-order valence-corrected chi connectivity index (χ3v) is 5.74. The van der Waals surface area contributed by atoms with Gasteiger partial charge in [-0.1, -0.05) is 6.07 Å². The van der Waals surface area contributed by atoms with Crippen molar-refractivity contribution in [3.8, 4) is 0 Å². The molecule has 3 heterocycles. The van der Waals surface area contributed by atoms with Gasteiger partial charge in [-0.05, 0) is 50.4 Å². The number of ether oxygens (including phenoxy) is 2. The number of hydrogen-bond donors (Lipinski definition) is 0. The van der Waals surface area contributed by atoms with Crippen molar-refractivity contribution in [2.45, 2.75) is 50.5 Å². The highest BCUT2D eigenvalue weighted by molar-refractivity contribution is 5.07. The first-order valence-corrected chi connectivity index (χ1v) is 9.49. The fourth-order valence-corrected chi connectivity index (χ4v) is 4.41. The molecule has 2 aliphatic heterocycles. The van der Waals surface area contributed by atoms with E-state index in [4.69, 9.17) is 9.47 Å². The predicted molar refractivity (Wildman–Crippen MR) is 92.8 cm³/mol. The summed E-state index contributed by atoms with van der Waals surface area (Å²) in [6.45, 7) is 7.52. The standard InChI is InChI=1S/C19H29N3O2/c1-2-9-21(8-1)10-11-22-12-13-23-19-17(22)5-6-18(19)24-15-16-4-3-7-20-14-16/h3-4,7,14,17-19H,1-2,5-6,8-13,15H2/t17-,18-,19+/m0/s1. The zero-order valence-corrected chi connectivity index (χ0v) is 14.5. The van der Waals surface area contributed by atoms with E-state index < -0.39 is 0 Å². The fraction of sp³-hybridized carbons (Fsp3) is 0.737. The van der Waals surface area contributed by atoms with Gasteiger partial charge in [0.2, 0.25) is 0 Å². The van der Waals surface area contributed by atoms with E-state index in [-0.39, 0.29) is 12.2 Å². The largest absolute Gasteiger partial charge is 0.373 e. The second kappa shape index (κ2) is 7.91. The van der Waals surface area contributed by atoms with E-state index in [1.165, 1.54) is 45.4 Å². The molecule has 1 aromatic heterocycles. The van der Waals surface area contributed by atoms with Gasteiger partial charge in [-0.2, -0.15) is 0 Å². The molecule has 0 unspecified atom stereocenters. The number of nitrogens with zero attached hydrogens (tertiary/aromatic N) is 3. The van der Waals surface area contributed by atoms with Gasteiger partial charge in [-0.3, -0.25) is 9.88 Å². The number of rotatable bonds is 6. The second-order valence-corrected chi connectivity index (χ2v) is 7.28. The maximum atomic E-state index is 6.18. The minimum absolute atomic E-state index is 0.227. The molecule has 1 aliphatic carbocycles. The third kappa shape index (κ3) is 3.80. The number of pyridine rings is 1. The summed E-state index contributed by atoms with van der Waals surface area (Å²) < 4.78 is 12.3. The van der Waals surface area contributed by atoms with Crippen molar-refractivity contribution in [3.05, 3.63) is 30.1 Å². The first-order valence-electron chi connectivity index (χ1n) is 9.49. The van der Waals surface area contributed by atoms with E-state index in [0.29, 0.717) is 12.6 Å². The number of morpholine rings is 1. The van der Waals surface area contributed by atoms with Crippen molar-refractivity contribution in [2.75, 3.05) is 39.3 Å².